The van der Waals surface area contributed by atoms with E-state index < -0.39 is 6.10 Å². The molecule has 6 nitrogen and oxygen atoms in total. The predicted molar refractivity (Wildman–Crippen MR) is 91.2 cm³/mol. The molecule has 0 aliphatic carbocycles. The first-order valence-electron chi connectivity index (χ1n) is 8.61. The molecule has 4 rings (SSSR count). The minimum Gasteiger partial charge on any atom is -0.485 e. The molecular formula is C19H21N3O3. The molecule has 0 unspecified atom stereocenters. The zero-order valence-corrected chi connectivity index (χ0v) is 14.4. The lowest BCUT2D eigenvalue weighted by Gasteiger charge is -2.28. The third kappa shape index (κ3) is 3.16. The Balaban J connectivity index is 1.46. The normalized spacial score (nSPS) is 18.4. The summed E-state index contributed by atoms with van der Waals surface area (Å²) >= 11 is 0. The average molecular weight is 339 g/mol. The van der Waals surface area contributed by atoms with E-state index in [1.165, 1.54) is 0 Å². The van der Waals surface area contributed by atoms with Gasteiger partial charge in [-0.1, -0.05) is 26.0 Å². The first-order valence-corrected chi connectivity index (χ1v) is 8.61. The number of carbonyl (C=O) groups excluding carboxylic acids is 1. The van der Waals surface area contributed by atoms with Crippen molar-refractivity contribution in [3.8, 4) is 11.5 Å². The number of amides is 1. The standard InChI is InChI=1S/C19H21N3O3/c1-12(2)7-18-20-8-13-9-22(10-14(13)21-18)19(23)17-11-24-15-5-3-4-6-16(15)25-17/h3-6,8,12,17H,7,9-11H2,1-2H3/t17-/m0/s1. The maximum atomic E-state index is 12.8. The summed E-state index contributed by atoms with van der Waals surface area (Å²) in [5.41, 5.74) is 1.95. The molecule has 0 radical (unpaired) electrons. The van der Waals surface area contributed by atoms with E-state index in [0.717, 1.165) is 23.5 Å². The molecule has 0 saturated carbocycles. The summed E-state index contributed by atoms with van der Waals surface area (Å²) < 4.78 is 11.5. The SMILES string of the molecule is CC(C)Cc1ncc2c(n1)CN(C(=O)[C@@H]1COc3ccccc3O1)C2. The highest BCUT2D eigenvalue weighted by Gasteiger charge is 2.34. The fraction of sp³-hybridized carbons (Fsp3) is 0.421. The highest BCUT2D eigenvalue weighted by atomic mass is 16.6. The molecule has 2 aromatic rings. The van der Waals surface area contributed by atoms with Gasteiger partial charge in [-0.05, 0) is 18.1 Å². The van der Waals surface area contributed by atoms with Crippen molar-refractivity contribution in [2.24, 2.45) is 5.92 Å². The maximum Gasteiger partial charge on any atom is 0.267 e. The van der Waals surface area contributed by atoms with Crippen molar-refractivity contribution in [2.45, 2.75) is 39.5 Å². The molecule has 0 fully saturated rings. The van der Waals surface area contributed by atoms with Gasteiger partial charge in [-0.3, -0.25) is 4.79 Å². The lowest BCUT2D eigenvalue weighted by Crippen LogP contribution is -2.44. The van der Waals surface area contributed by atoms with Gasteiger partial charge in [0.15, 0.2) is 11.5 Å². The number of para-hydroxylation sites is 2. The van der Waals surface area contributed by atoms with Gasteiger partial charge in [-0.15, -0.1) is 0 Å². The highest BCUT2D eigenvalue weighted by molar-refractivity contribution is 5.82. The van der Waals surface area contributed by atoms with Crippen molar-refractivity contribution >= 4 is 5.91 Å². The minimum atomic E-state index is -0.618. The van der Waals surface area contributed by atoms with Gasteiger partial charge < -0.3 is 14.4 Å². The molecule has 0 N–H and O–H groups in total. The Morgan fingerprint density at radius 2 is 2.08 bits per heavy atom. The molecular weight excluding hydrogens is 318 g/mol. The highest BCUT2D eigenvalue weighted by Crippen LogP contribution is 2.32. The number of aromatic nitrogens is 2. The molecule has 2 aliphatic rings. The number of ether oxygens (including phenoxy) is 2. The van der Waals surface area contributed by atoms with Crippen LogP contribution in [-0.4, -0.2) is 33.5 Å². The molecule has 0 spiro atoms. The third-order valence-electron chi connectivity index (χ3n) is 4.39. The van der Waals surface area contributed by atoms with Crippen LogP contribution >= 0.6 is 0 Å². The Morgan fingerprint density at radius 3 is 2.88 bits per heavy atom. The summed E-state index contributed by atoms with van der Waals surface area (Å²) in [6.07, 6.45) is 2.07. The number of hydrogen-bond acceptors (Lipinski definition) is 5. The minimum absolute atomic E-state index is 0.0714. The second-order valence-corrected chi connectivity index (χ2v) is 6.91. The van der Waals surface area contributed by atoms with Crippen LogP contribution in [0.1, 0.15) is 30.9 Å². The van der Waals surface area contributed by atoms with E-state index in [1.54, 1.807) is 4.90 Å². The van der Waals surface area contributed by atoms with Crippen LogP contribution in [0, 0.1) is 5.92 Å². The van der Waals surface area contributed by atoms with Crippen molar-refractivity contribution in [3.05, 3.63) is 47.5 Å². The molecule has 25 heavy (non-hydrogen) atoms. The summed E-state index contributed by atoms with van der Waals surface area (Å²) in [4.78, 5) is 23.6. The van der Waals surface area contributed by atoms with Gasteiger partial charge in [0.1, 0.15) is 12.4 Å². The van der Waals surface area contributed by atoms with Gasteiger partial charge in [-0.25, -0.2) is 9.97 Å². The van der Waals surface area contributed by atoms with Gasteiger partial charge in [0.05, 0.1) is 12.2 Å². The molecule has 2 aliphatic heterocycles. The lowest BCUT2D eigenvalue weighted by atomic mass is 10.1. The molecule has 6 heteroatoms. The molecule has 0 bridgehead atoms. The monoisotopic (exact) mass is 339 g/mol. The number of benzene rings is 1. The van der Waals surface area contributed by atoms with Crippen molar-refractivity contribution in [1.29, 1.82) is 0 Å². The average Bonchev–Trinajstić information content (AvgIpc) is 3.03. The van der Waals surface area contributed by atoms with E-state index >= 15 is 0 Å². The van der Waals surface area contributed by atoms with E-state index in [1.807, 2.05) is 30.5 Å². The molecule has 1 aromatic carbocycles. The quantitative estimate of drug-likeness (QED) is 0.859. The maximum absolute atomic E-state index is 12.8. The number of nitrogens with zero attached hydrogens (tertiary/aromatic N) is 3. The fourth-order valence-electron chi connectivity index (χ4n) is 3.16. The molecule has 3 heterocycles. The number of rotatable bonds is 3. The summed E-state index contributed by atoms with van der Waals surface area (Å²) in [7, 11) is 0. The Morgan fingerprint density at radius 1 is 1.28 bits per heavy atom. The van der Waals surface area contributed by atoms with Gasteiger partial charge in [-0.2, -0.15) is 0 Å². The van der Waals surface area contributed by atoms with E-state index in [4.69, 9.17) is 9.47 Å². The van der Waals surface area contributed by atoms with E-state index in [0.29, 0.717) is 30.5 Å². The van der Waals surface area contributed by atoms with Crippen LogP contribution in [0.15, 0.2) is 30.5 Å². The Bertz CT molecular complexity index is 806. The number of carbonyl (C=O) groups is 1. The van der Waals surface area contributed by atoms with E-state index in [2.05, 4.69) is 23.8 Å². The van der Waals surface area contributed by atoms with Crippen LogP contribution in [0.25, 0.3) is 0 Å². The van der Waals surface area contributed by atoms with Crippen molar-refractivity contribution in [3.63, 3.8) is 0 Å². The molecule has 1 amide bonds. The van der Waals surface area contributed by atoms with E-state index in [9.17, 15) is 4.79 Å². The lowest BCUT2D eigenvalue weighted by molar-refractivity contribution is -0.141. The van der Waals surface area contributed by atoms with Crippen LogP contribution in [0.4, 0.5) is 0 Å². The summed E-state index contributed by atoms with van der Waals surface area (Å²) in [6, 6.07) is 7.41. The molecule has 1 atom stereocenters. The fourth-order valence-corrected chi connectivity index (χ4v) is 3.16. The summed E-state index contributed by atoms with van der Waals surface area (Å²) in [6.45, 7) is 5.54. The summed E-state index contributed by atoms with van der Waals surface area (Å²) in [5.74, 6) is 2.57. The van der Waals surface area contributed by atoms with Crippen LogP contribution in [-0.2, 0) is 24.3 Å². The second-order valence-electron chi connectivity index (χ2n) is 6.91. The van der Waals surface area contributed by atoms with Gasteiger partial charge >= 0.3 is 0 Å². The van der Waals surface area contributed by atoms with Gasteiger partial charge in [0, 0.05) is 24.7 Å². The zero-order chi connectivity index (χ0) is 17.4. The molecule has 1 aromatic heterocycles. The molecule has 0 saturated heterocycles. The van der Waals surface area contributed by atoms with Gasteiger partial charge in [0.25, 0.3) is 5.91 Å². The smallest absolute Gasteiger partial charge is 0.267 e. The number of hydrogen-bond donors (Lipinski definition) is 0. The van der Waals surface area contributed by atoms with Crippen LogP contribution in [0.5, 0.6) is 11.5 Å². The van der Waals surface area contributed by atoms with Crippen molar-refractivity contribution in [2.75, 3.05) is 6.61 Å². The third-order valence-corrected chi connectivity index (χ3v) is 4.39. The first-order chi connectivity index (χ1) is 12.1. The van der Waals surface area contributed by atoms with Crippen molar-refractivity contribution in [1.82, 2.24) is 14.9 Å². The van der Waals surface area contributed by atoms with E-state index in [-0.39, 0.29) is 12.5 Å². The Labute approximate surface area is 146 Å². The zero-order valence-electron chi connectivity index (χ0n) is 14.4. The number of fused-ring (bicyclic) bond motifs is 2. The van der Waals surface area contributed by atoms with Crippen LogP contribution < -0.4 is 9.47 Å². The predicted octanol–water partition coefficient (Wildman–Crippen LogP) is 2.36. The topological polar surface area (TPSA) is 64.6 Å². The van der Waals surface area contributed by atoms with Crippen LogP contribution in [0.3, 0.4) is 0 Å². The van der Waals surface area contributed by atoms with Gasteiger partial charge in [0.2, 0.25) is 6.10 Å². The largest absolute Gasteiger partial charge is 0.485 e. The second kappa shape index (κ2) is 6.35. The van der Waals surface area contributed by atoms with Crippen molar-refractivity contribution < 1.29 is 14.3 Å². The Hall–Kier alpha value is -2.63. The Kier molecular flexibility index (Phi) is 4.03. The summed E-state index contributed by atoms with van der Waals surface area (Å²) in [5, 5.41) is 0. The molecule has 130 valence electrons. The first kappa shape index (κ1) is 15.9. The van der Waals surface area contributed by atoms with Crippen LogP contribution in [0.2, 0.25) is 0 Å².